The van der Waals surface area contributed by atoms with Gasteiger partial charge in [-0.3, -0.25) is 0 Å². The molecule has 0 saturated carbocycles. The molecule has 0 aliphatic rings. The van der Waals surface area contributed by atoms with E-state index < -0.39 is 17.2 Å². The normalized spacial score (nSPS) is 12.7. The molecule has 1 heterocycles. The quantitative estimate of drug-likeness (QED) is 0.521. The van der Waals surface area contributed by atoms with Crippen LogP contribution in [0.25, 0.3) is 11.1 Å². The number of benzene rings is 2. The largest absolute Gasteiger partial charge is 0.488 e. The predicted octanol–water partition coefficient (Wildman–Crippen LogP) is 5.27. The molecule has 7 heteroatoms. The lowest BCUT2D eigenvalue weighted by molar-refractivity contribution is -0.133. The maximum Gasteiger partial charge on any atom is 0.426 e. The summed E-state index contributed by atoms with van der Waals surface area (Å²) in [6.45, 7) is 0.290. The molecule has 1 atom stereocenters. The topological polar surface area (TPSA) is 55.5 Å². The highest BCUT2D eigenvalue weighted by Gasteiger charge is 2.36. The molecule has 0 saturated heterocycles. The van der Waals surface area contributed by atoms with Gasteiger partial charge in [0, 0.05) is 17.0 Å². The average Bonchev–Trinajstić information content (AvgIpc) is 3.17. The van der Waals surface area contributed by atoms with Crippen LogP contribution in [0, 0.1) is 0 Å². The summed E-state index contributed by atoms with van der Waals surface area (Å²) in [4.78, 5) is -0.109. The molecule has 154 valence electrons. The Balaban J connectivity index is 1.69. The molecule has 0 spiro atoms. The van der Waals surface area contributed by atoms with Gasteiger partial charge in [-0.25, -0.2) is 0 Å². The molecular formula is C22H22F3NO2S. The smallest absolute Gasteiger partial charge is 0.426 e. The summed E-state index contributed by atoms with van der Waals surface area (Å²) in [5.41, 5.74) is 7.14. The molecule has 0 radical (unpaired) electrons. The van der Waals surface area contributed by atoms with Crippen molar-refractivity contribution in [3.8, 4) is 16.9 Å². The molecule has 29 heavy (non-hydrogen) atoms. The van der Waals surface area contributed by atoms with Crippen LogP contribution in [0.5, 0.6) is 5.75 Å². The molecule has 0 amide bonds. The number of hydrogen-bond acceptors (Lipinski definition) is 4. The third-order valence-electron chi connectivity index (χ3n) is 4.47. The monoisotopic (exact) mass is 421 g/mol. The minimum atomic E-state index is -4.41. The van der Waals surface area contributed by atoms with Gasteiger partial charge in [0.25, 0.3) is 0 Å². The molecule has 2 aromatic carbocycles. The fraction of sp³-hybridized carbons (Fsp3) is 0.273. The van der Waals surface area contributed by atoms with E-state index in [1.165, 1.54) is 0 Å². The molecule has 0 fully saturated rings. The number of ether oxygens (including phenoxy) is 1. The lowest BCUT2D eigenvalue weighted by Crippen LogP contribution is -2.20. The van der Waals surface area contributed by atoms with Gasteiger partial charge in [-0.1, -0.05) is 42.5 Å². The van der Waals surface area contributed by atoms with Crippen molar-refractivity contribution in [2.75, 3.05) is 6.54 Å². The Hall–Kier alpha value is -2.35. The fourth-order valence-electron chi connectivity index (χ4n) is 2.91. The van der Waals surface area contributed by atoms with Gasteiger partial charge in [0.05, 0.1) is 6.10 Å². The van der Waals surface area contributed by atoms with E-state index in [2.05, 4.69) is 0 Å². The molecule has 0 bridgehead atoms. The van der Waals surface area contributed by atoms with E-state index in [4.69, 9.17) is 10.5 Å². The molecule has 3 aromatic rings. The first-order valence-electron chi connectivity index (χ1n) is 9.22. The molecule has 3 N–H and O–H groups in total. The summed E-state index contributed by atoms with van der Waals surface area (Å²) in [6, 6.07) is 17.4. The number of aliphatic hydroxyl groups is 1. The Bertz CT molecular complexity index is 908. The van der Waals surface area contributed by atoms with Crippen molar-refractivity contribution >= 4 is 11.3 Å². The summed E-state index contributed by atoms with van der Waals surface area (Å²) in [5, 5.41) is 9.52. The van der Waals surface area contributed by atoms with Crippen LogP contribution in [0.1, 0.15) is 21.7 Å². The van der Waals surface area contributed by atoms with Crippen molar-refractivity contribution in [3.63, 3.8) is 0 Å². The van der Waals surface area contributed by atoms with Gasteiger partial charge >= 0.3 is 6.18 Å². The molecule has 1 unspecified atom stereocenters. The summed E-state index contributed by atoms with van der Waals surface area (Å²) >= 11 is 0.708. The van der Waals surface area contributed by atoms with Crippen LogP contribution < -0.4 is 10.5 Å². The first kappa shape index (κ1) is 21.4. The first-order valence-corrected chi connectivity index (χ1v) is 10.0. The Kier molecular flexibility index (Phi) is 6.95. The summed E-state index contributed by atoms with van der Waals surface area (Å²) in [6.07, 6.45) is -3.66. The molecule has 1 aromatic heterocycles. The third kappa shape index (κ3) is 5.82. The molecule has 0 aliphatic carbocycles. The van der Waals surface area contributed by atoms with E-state index in [0.29, 0.717) is 40.4 Å². The van der Waals surface area contributed by atoms with Crippen molar-refractivity contribution in [1.29, 1.82) is 0 Å². The number of rotatable bonds is 8. The first-order chi connectivity index (χ1) is 13.9. The van der Waals surface area contributed by atoms with Crippen molar-refractivity contribution in [1.82, 2.24) is 0 Å². The van der Waals surface area contributed by atoms with Crippen LogP contribution >= 0.6 is 11.3 Å². The Morgan fingerprint density at radius 3 is 2.34 bits per heavy atom. The van der Waals surface area contributed by atoms with Crippen LogP contribution in [0.3, 0.4) is 0 Å². The maximum absolute atomic E-state index is 13.5. The van der Waals surface area contributed by atoms with Crippen molar-refractivity contribution in [2.45, 2.75) is 31.7 Å². The molecule has 0 aliphatic heterocycles. The number of aryl methyl sites for hydroxylation is 1. The van der Waals surface area contributed by atoms with Crippen molar-refractivity contribution in [2.24, 2.45) is 5.73 Å². The maximum atomic E-state index is 13.5. The number of nitrogens with two attached hydrogens (primary N) is 1. The van der Waals surface area contributed by atoms with Gasteiger partial charge in [0.1, 0.15) is 17.2 Å². The van der Waals surface area contributed by atoms with Crippen molar-refractivity contribution < 1.29 is 23.0 Å². The fourth-order valence-corrected chi connectivity index (χ4v) is 3.87. The second-order valence-corrected chi connectivity index (χ2v) is 7.82. The Morgan fingerprint density at radius 2 is 1.72 bits per heavy atom. The molecular weight excluding hydrogens is 399 g/mol. The minimum Gasteiger partial charge on any atom is -0.488 e. The summed E-state index contributed by atoms with van der Waals surface area (Å²) in [7, 11) is 0. The third-order valence-corrected chi connectivity index (χ3v) is 5.62. The lowest BCUT2D eigenvalue weighted by Gasteiger charge is -2.08. The minimum absolute atomic E-state index is 0.0613. The Morgan fingerprint density at radius 1 is 1.03 bits per heavy atom. The zero-order chi connectivity index (χ0) is 20.9. The van der Waals surface area contributed by atoms with Gasteiger partial charge in [0.15, 0.2) is 0 Å². The van der Waals surface area contributed by atoms with Crippen LogP contribution in [-0.2, 0) is 19.2 Å². The molecule has 3 rings (SSSR count). The van der Waals surface area contributed by atoms with Gasteiger partial charge in [-0.15, -0.1) is 11.3 Å². The highest BCUT2D eigenvalue weighted by Crippen LogP contribution is 2.43. The summed E-state index contributed by atoms with van der Waals surface area (Å²) in [5.74, 6) is 0.580. The zero-order valence-electron chi connectivity index (χ0n) is 15.7. The average molecular weight is 421 g/mol. The number of thiophene rings is 1. The predicted molar refractivity (Wildman–Crippen MR) is 109 cm³/mol. The van der Waals surface area contributed by atoms with E-state index in [1.54, 1.807) is 48.5 Å². The van der Waals surface area contributed by atoms with E-state index in [-0.39, 0.29) is 18.7 Å². The van der Waals surface area contributed by atoms with Crippen molar-refractivity contribution in [3.05, 3.63) is 76.0 Å². The van der Waals surface area contributed by atoms with Crippen LogP contribution in [0.2, 0.25) is 0 Å². The van der Waals surface area contributed by atoms with E-state index in [0.717, 1.165) is 5.56 Å². The Labute approximate surface area is 171 Å². The van der Waals surface area contributed by atoms with E-state index >= 15 is 0 Å². The van der Waals surface area contributed by atoms with Gasteiger partial charge in [-0.2, -0.15) is 13.2 Å². The number of hydrogen-bond donors (Lipinski definition) is 2. The highest BCUT2D eigenvalue weighted by molar-refractivity contribution is 7.12. The number of halogens is 3. The van der Waals surface area contributed by atoms with E-state index in [9.17, 15) is 18.3 Å². The SMILES string of the molecule is NCC(O)CCc1ccc(OCc2cc(-c3ccccc3)c(C(F)(F)F)s2)cc1. The second-order valence-electron chi connectivity index (χ2n) is 6.68. The van der Waals surface area contributed by atoms with Gasteiger partial charge < -0.3 is 15.6 Å². The molecule has 3 nitrogen and oxygen atoms in total. The highest BCUT2D eigenvalue weighted by atomic mass is 32.1. The van der Waals surface area contributed by atoms with Gasteiger partial charge in [-0.05, 0) is 42.2 Å². The van der Waals surface area contributed by atoms with Crippen LogP contribution in [-0.4, -0.2) is 17.8 Å². The van der Waals surface area contributed by atoms with E-state index in [1.807, 2.05) is 12.1 Å². The zero-order valence-corrected chi connectivity index (χ0v) is 16.5. The standard InChI is InChI=1S/C22H22F3NO2S/c23-22(24,25)21-20(16-4-2-1-3-5-16)12-19(29-21)14-28-18-10-7-15(8-11-18)6-9-17(27)13-26/h1-5,7-8,10-12,17,27H,6,9,13-14,26H2. The number of aliphatic hydroxyl groups excluding tert-OH is 1. The summed E-state index contributed by atoms with van der Waals surface area (Å²) < 4.78 is 46.0. The second kappa shape index (κ2) is 9.43. The van der Waals surface area contributed by atoms with Gasteiger partial charge in [0.2, 0.25) is 0 Å². The van der Waals surface area contributed by atoms with Crippen LogP contribution in [0.15, 0.2) is 60.7 Å². The number of alkyl halides is 3. The van der Waals surface area contributed by atoms with Crippen LogP contribution in [0.4, 0.5) is 13.2 Å². The lowest BCUT2D eigenvalue weighted by atomic mass is 10.1.